The molecular formula is C23H25ClF2N4O3. The van der Waals surface area contributed by atoms with Gasteiger partial charge in [-0.05, 0) is 49.4 Å². The van der Waals surface area contributed by atoms with Gasteiger partial charge in [-0.1, -0.05) is 0 Å². The molecule has 3 aliphatic heterocycles. The fourth-order valence-corrected chi connectivity index (χ4v) is 5.28. The second kappa shape index (κ2) is 9.02. The summed E-state index contributed by atoms with van der Waals surface area (Å²) in [5.41, 5.74) is -0.0282. The van der Waals surface area contributed by atoms with Crippen LogP contribution in [-0.2, 0) is 9.53 Å². The zero-order valence-corrected chi connectivity index (χ0v) is 18.9. The fraction of sp³-hybridized carbons (Fsp3) is 0.522. The van der Waals surface area contributed by atoms with E-state index in [1.165, 1.54) is 6.07 Å². The Morgan fingerprint density at radius 3 is 2.67 bits per heavy atom. The number of ether oxygens (including phenoxy) is 2. The first-order valence-corrected chi connectivity index (χ1v) is 11.6. The number of benzene rings is 1. The highest BCUT2D eigenvalue weighted by Gasteiger charge is 2.45. The number of piperidine rings is 2. The Kier molecular flexibility index (Phi) is 6.09. The highest BCUT2D eigenvalue weighted by molar-refractivity contribution is 6.28. The molecule has 3 fully saturated rings. The summed E-state index contributed by atoms with van der Waals surface area (Å²) in [7, 11) is 0. The number of rotatable bonds is 4. The molecule has 0 radical (unpaired) electrons. The minimum atomic E-state index is -0.950. The molecule has 10 heteroatoms. The molecule has 5 rings (SSSR count). The van der Waals surface area contributed by atoms with Crippen molar-refractivity contribution in [2.75, 3.05) is 36.1 Å². The minimum Gasteiger partial charge on any atom is -0.472 e. The molecule has 1 aromatic heterocycles. The number of hydrogen-bond acceptors (Lipinski definition) is 6. The van der Waals surface area contributed by atoms with Crippen LogP contribution in [0.2, 0.25) is 5.28 Å². The van der Waals surface area contributed by atoms with Crippen LogP contribution in [0, 0.1) is 11.6 Å². The van der Waals surface area contributed by atoms with Gasteiger partial charge >= 0.3 is 0 Å². The fourth-order valence-electron chi connectivity index (χ4n) is 5.11. The number of carbonyl (C=O) groups is 1. The van der Waals surface area contributed by atoms with Crippen LogP contribution in [0.3, 0.4) is 0 Å². The smallest absolute Gasteiger partial charge is 0.227 e. The zero-order valence-electron chi connectivity index (χ0n) is 18.1. The van der Waals surface area contributed by atoms with Crippen LogP contribution in [0.1, 0.15) is 38.5 Å². The second-order valence-corrected chi connectivity index (χ2v) is 9.17. The largest absolute Gasteiger partial charge is 0.472 e. The Labute approximate surface area is 195 Å². The third-order valence-electron chi connectivity index (χ3n) is 6.77. The molecule has 33 heavy (non-hydrogen) atoms. The van der Waals surface area contributed by atoms with Crippen LogP contribution < -0.4 is 14.5 Å². The summed E-state index contributed by atoms with van der Waals surface area (Å²) in [6.07, 6.45) is 4.09. The molecule has 1 amide bonds. The topological polar surface area (TPSA) is 67.8 Å². The Morgan fingerprint density at radius 1 is 1.12 bits per heavy atom. The number of halogens is 3. The van der Waals surface area contributed by atoms with Gasteiger partial charge in [-0.25, -0.2) is 13.8 Å². The standard InChI is InChI=1S/C23H25ClF2N4O3/c24-22-27-19(13-20(28-22)33-16-5-11-32-14-16)29-9-7-23(8-10-29)6-1-2-21(31)30(23)15-3-4-17(25)18(26)12-15/h3-4,12-13,16H,1-2,5-11,14H2/t16-/m1/s1. The Hall–Kier alpha value is -2.52. The van der Waals surface area contributed by atoms with Gasteiger partial charge in [-0.15, -0.1) is 0 Å². The summed E-state index contributed by atoms with van der Waals surface area (Å²) < 4.78 is 38.7. The van der Waals surface area contributed by atoms with Crippen LogP contribution in [0.5, 0.6) is 5.88 Å². The SMILES string of the molecule is O=C1CCCC2(CCN(c3cc(O[C@@H]4CCOC4)nc(Cl)n3)CC2)N1c1ccc(F)c(F)c1. The molecule has 1 spiro atoms. The molecule has 0 aliphatic carbocycles. The molecule has 7 nitrogen and oxygen atoms in total. The van der Waals surface area contributed by atoms with Crippen LogP contribution in [0.4, 0.5) is 20.3 Å². The highest BCUT2D eigenvalue weighted by Crippen LogP contribution is 2.42. The van der Waals surface area contributed by atoms with Crippen molar-refractivity contribution in [2.24, 2.45) is 0 Å². The van der Waals surface area contributed by atoms with Gasteiger partial charge in [0.15, 0.2) is 11.6 Å². The lowest BCUT2D eigenvalue weighted by molar-refractivity contribution is -0.121. The number of amides is 1. The number of carbonyl (C=O) groups excluding carboxylic acids is 1. The molecule has 176 valence electrons. The molecular weight excluding hydrogens is 454 g/mol. The summed E-state index contributed by atoms with van der Waals surface area (Å²) in [5, 5.41) is 0.109. The Balaban J connectivity index is 1.35. The third-order valence-corrected chi connectivity index (χ3v) is 6.94. The molecule has 4 heterocycles. The molecule has 0 unspecified atom stereocenters. The number of anilines is 2. The molecule has 0 bridgehead atoms. The maximum atomic E-state index is 14.0. The summed E-state index contributed by atoms with van der Waals surface area (Å²) >= 11 is 6.17. The van der Waals surface area contributed by atoms with E-state index in [9.17, 15) is 13.6 Å². The first-order valence-electron chi connectivity index (χ1n) is 11.3. The predicted molar refractivity (Wildman–Crippen MR) is 119 cm³/mol. The quantitative estimate of drug-likeness (QED) is 0.615. The van der Waals surface area contributed by atoms with Crippen molar-refractivity contribution in [3.63, 3.8) is 0 Å². The van der Waals surface area contributed by atoms with Crippen molar-refractivity contribution in [2.45, 2.75) is 50.2 Å². The Bertz CT molecular complexity index is 1040. The van der Waals surface area contributed by atoms with E-state index in [1.54, 1.807) is 11.0 Å². The van der Waals surface area contributed by atoms with Gasteiger partial charge in [-0.3, -0.25) is 4.79 Å². The van der Waals surface area contributed by atoms with Crippen molar-refractivity contribution in [1.29, 1.82) is 0 Å². The lowest BCUT2D eigenvalue weighted by Gasteiger charge is -2.51. The van der Waals surface area contributed by atoms with Gasteiger partial charge in [-0.2, -0.15) is 4.98 Å². The molecule has 3 aliphatic rings. The number of aromatic nitrogens is 2. The number of nitrogens with zero attached hydrogens (tertiary/aromatic N) is 4. The highest BCUT2D eigenvalue weighted by atomic mass is 35.5. The lowest BCUT2D eigenvalue weighted by Crippen LogP contribution is -2.60. The van der Waals surface area contributed by atoms with E-state index in [0.29, 0.717) is 63.0 Å². The minimum absolute atomic E-state index is 0.0497. The number of hydrogen-bond donors (Lipinski definition) is 0. The van der Waals surface area contributed by atoms with Crippen LogP contribution in [0.25, 0.3) is 0 Å². The van der Waals surface area contributed by atoms with Crippen LogP contribution >= 0.6 is 11.6 Å². The molecule has 1 aromatic carbocycles. The second-order valence-electron chi connectivity index (χ2n) is 8.83. The van der Waals surface area contributed by atoms with E-state index in [-0.39, 0.29) is 17.3 Å². The lowest BCUT2D eigenvalue weighted by atomic mass is 9.78. The van der Waals surface area contributed by atoms with Gasteiger partial charge < -0.3 is 19.3 Å². The summed E-state index contributed by atoms with van der Waals surface area (Å²) in [6, 6.07) is 5.46. The van der Waals surface area contributed by atoms with Crippen molar-refractivity contribution >= 4 is 29.0 Å². The van der Waals surface area contributed by atoms with Gasteiger partial charge in [0, 0.05) is 43.8 Å². The van der Waals surface area contributed by atoms with Crippen molar-refractivity contribution in [3.8, 4) is 5.88 Å². The van der Waals surface area contributed by atoms with Crippen LogP contribution in [-0.4, -0.2) is 53.8 Å². The van der Waals surface area contributed by atoms with E-state index in [4.69, 9.17) is 21.1 Å². The van der Waals surface area contributed by atoms with Gasteiger partial charge in [0.1, 0.15) is 11.9 Å². The average Bonchev–Trinajstić information content (AvgIpc) is 3.29. The molecule has 0 saturated carbocycles. The average molecular weight is 479 g/mol. The van der Waals surface area contributed by atoms with Crippen molar-refractivity contribution < 1.29 is 23.0 Å². The first kappa shape index (κ1) is 22.3. The summed E-state index contributed by atoms with van der Waals surface area (Å²) in [6.45, 7) is 2.45. The van der Waals surface area contributed by atoms with Gasteiger partial charge in [0.05, 0.1) is 18.8 Å². The maximum Gasteiger partial charge on any atom is 0.227 e. The Morgan fingerprint density at radius 2 is 1.94 bits per heavy atom. The molecule has 1 atom stereocenters. The van der Waals surface area contributed by atoms with E-state index < -0.39 is 17.2 Å². The van der Waals surface area contributed by atoms with Crippen molar-refractivity contribution in [3.05, 3.63) is 41.2 Å². The molecule has 0 N–H and O–H groups in total. The predicted octanol–water partition coefficient (Wildman–Crippen LogP) is 4.13. The van der Waals surface area contributed by atoms with Crippen molar-refractivity contribution in [1.82, 2.24) is 9.97 Å². The third kappa shape index (κ3) is 4.48. The van der Waals surface area contributed by atoms with E-state index in [2.05, 4.69) is 14.9 Å². The summed E-state index contributed by atoms with van der Waals surface area (Å²) in [5.74, 6) is -0.846. The van der Waals surface area contributed by atoms with Gasteiger partial charge in [0.2, 0.25) is 17.1 Å². The summed E-state index contributed by atoms with van der Waals surface area (Å²) in [4.78, 5) is 25.2. The zero-order chi connectivity index (χ0) is 23.0. The van der Waals surface area contributed by atoms with E-state index in [1.807, 2.05) is 0 Å². The molecule has 2 aromatic rings. The van der Waals surface area contributed by atoms with Crippen LogP contribution in [0.15, 0.2) is 24.3 Å². The first-order chi connectivity index (χ1) is 15.9. The normalized spacial score (nSPS) is 22.8. The van der Waals surface area contributed by atoms with E-state index in [0.717, 1.165) is 31.4 Å². The monoisotopic (exact) mass is 478 g/mol. The molecule has 3 saturated heterocycles. The maximum absolute atomic E-state index is 14.0. The van der Waals surface area contributed by atoms with Gasteiger partial charge in [0.25, 0.3) is 0 Å². The van der Waals surface area contributed by atoms with E-state index >= 15 is 0 Å².